The summed E-state index contributed by atoms with van der Waals surface area (Å²) in [4.78, 5) is 18.3. The normalized spacial score (nSPS) is 30.6. The van der Waals surface area contributed by atoms with E-state index in [9.17, 15) is 4.79 Å². The zero-order valence-electron chi connectivity index (χ0n) is 10.1. The zero-order chi connectivity index (χ0) is 12.7. The number of fused-ring (bicyclic) bond motifs is 1. The molecule has 0 radical (unpaired) electrons. The van der Waals surface area contributed by atoms with Crippen LogP contribution in [0.25, 0.3) is 0 Å². The SMILES string of the molecule is N[C@@H]1CC[C@@H]2CN(C(=O)c3cc(Cl)ccn3)C[C@H]21. The Balaban J connectivity index is 1.75. The molecule has 0 aromatic carbocycles. The first-order chi connectivity index (χ1) is 8.65. The first-order valence-electron chi connectivity index (χ1n) is 6.31. The Bertz CT molecular complexity index is 479. The fraction of sp³-hybridized carbons (Fsp3) is 0.538. The molecule has 1 aromatic heterocycles. The van der Waals surface area contributed by atoms with Gasteiger partial charge in [-0.15, -0.1) is 0 Å². The number of nitrogens with zero attached hydrogens (tertiary/aromatic N) is 2. The lowest BCUT2D eigenvalue weighted by molar-refractivity contribution is 0.0774. The number of rotatable bonds is 1. The third kappa shape index (κ3) is 1.99. The molecule has 2 fully saturated rings. The Morgan fingerprint density at radius 3 is 3.00 bits per heavy atom. The van der Waals surface area contributed by atoms with Gasteiger partial charge >= 0.3 is 0 Å². The zero-order valence-corrected chi connectivity index (χ0v) is 10.8. The van der Waals surface area contributed by atoms with E-state index in [-0.39, 0.29) is 11.9 Å². The third-order valence-electron chi connectivity index (χ3n) is 4.14. The average Bonchev–Trinajstić information content (AvgIpc) is 2.91. The van der Waals surface area contributed by atoms with Crippen molar-refractivity contribution in [1.29, 1.82) is 0 Å². The smallest absolute Gasteiger partial charge is 0.272 e. The van der Waals surface area contributed by atoms with Gasteiger partial charge in [0.05, 0.1) is 0 Å². The van der Waals surface area contributed by atoms with E-state index in [2.05, 4.69) is 4.98 Å². The number of hydrogen-bond acceptors (Lipinski definition) is 3. The van der Waals surface area contributed by atoms with Gasteiger partial charge < -0.3 is 10.6 Å². The van der Waals surface area contributed by atoms with E-state index in [1.807, 2.05) is 4.90 Å². The van der Waals surface area contributed by atoms with E-state index < -0.39 is 0 Å². The molecule has 1 amide bonds. The van der Waals surface area contributed by atoms with E-state index in [0.29, 0.717) is 22.6 Å². The van der Waals surface area contributed by atoms with Crippen LogP contribution in [0, 0.1) is 11.8 Å². The van der Waals surface area contributed by atoms with E-state index in [4.69, 9.17) is 17.3 Å². The Morgan fingerprint density at radius 2 is 2.28 bits per heavy atom. The third-order valence-corrected chi connectivity index (χ3v) is 4.38. The molecule has 0 unspecified atom stereocenters. The second-order valence-corrected chi connectivity index (χ2v) is 5.67. The van der Waals surface area contributed by atoms with Crippen LogP contribution in [0.15, 0.2) is 18.3 Å². The molecule has 5 heteroatoms. The Hall–Kier alpha value is -1.13. The van der Waals surface area contributed by atoms with Crippen molar-refractivity contribution in [2.75, 3.05) is 13.1 Å². The fourth-order valence-electron chi connectivity index (χ4n) is 3.16. The number of likely N-dealkylation sites (tertiary alicyclic amines) is 1. The van der Waals surface area contributed by atoms with E-state index >= 15 is 0 Å². The molecule has 4 nitrogen and oxygen atoms in total. The summed E-state index contributed by atoms with van der Waals surface area (Å²) in [6, 6.07) is 3.55. The van der Waals surface area contributed by atoms with Crippen LogP contribution in [0.5, 0.6) is 0 Å². The molecule has 0 bridgehead atoms. The van der Waals surface area contributed by atoms with Crippen molar-refractivity contribution in [3.05, 3.63) is 29.0 Å². The number of aromatic nitrogens is 1. The van der Waals surface area contributed by atoms with Crippen molar-refractivity contribution in [2.45, 2.75) is 18.9 Å². The summed E-state index contributed by atoms with van der Waals surface area (Å²) < 4.78 is 0. The summed E-state index contributed by atoms with van der Waals surface area (Å²) in [6.07, 6.45) is 3.80. The average molecular weight is 266 g/mol. The van der Waals surface area contributed by atoms with Crippen LogP contribution in [0.1, 0.15) is 23.3 Å². The predicted octanol–water partition coefficient (Wildman–Crippen LogP) is 1.54. The van der Waals surface area contributed by atoms with Crippen molar-refractivity contribution in [1.82, 2.24) is 9.88 Å². The standard InChI is InChI=1S/C13H16ClN3O/c14-9-3-4-16-12(5-9)13(18)17-6-8-1-2-11(15)10(8)7-17/h3-5,8,10-11H,1-2,6-7,15H2/t8-,10-,11-/m1/s1. The van der Waals surface area contributed by atoms with Crippen LogP contribution in [0.4, 0.5) is 0 Å². The van der Waals surface area contributed by atoms with Crippen LogP contribution in [-0.2, 0) is 0 Å². The summed E-state index contributed by atoms with van der Waals surface area (Å²) in [7, 11) is 0. The predicted molar refractivity (Wildman–Crippen MR) is 69.3 cm³/mol. The summed E-state index contributed by atoms with van der Waals surface area (Å²) in [5, 5.41) is 0.546. The van der Waals surface area contributed by atoms with Crippen molar-refractivity contribution >= 4 is 17.5 Å². The molecular formula is C13H16ClN3O. The molecule has 1 aromatic rings. The Morgan fingerprint density at radius 1 is 1.44 bits per heavy atom. The minimum absolute atomic E-state index is 0.0286. The number of hydrogen-bond donors (Lipinski definition) is 1. The first kappa shape index (κ1) is 11.9. The van der Waals surface area contributed by atoms with Crippen molar-refractivity contribution < 1.29 is 4.79 Å². The molecule has 2 N–H and O–H groups in total. The molecule has 1 aliphatic heterocycles. The van der Waals surface area contributed by atoms with Crippen LogP contribution in [0.3, 0.4) is 0 Å². The molecular weight excluding hydrogens is 250 g/mol. The maximum Gasteiger partial charge on any atom is 0.272 e. The van der Waals surface area contributed by atoms with Crippen LogP contribution < -0.4 is 5.73 Å². The first-order valence-corrected chi connectivity index (χ1v) is 6.69. The van der Waals surface area contributed by atoms with Gasteiger partial charge in [-0.25, -0.2) is 0 Å². The van der Waals surface area contributed by atoms with Crippen molar-refractivity contribution in [3.8, 4) is 0 Å². The Labute approximate surface area is 111 Å². The van der Waals surface area contributed by atoms with Gasteiger partial charge in [0, 0.05) is 30.4 Å². The highest BCUT2D eigenvalue weighted by Gasteiger charge is 2.42. The summed E-state index contributed by atoms with van der Waals surface area (Å²) >= 11 is 5.88. The number of carbonyl (C=O) groups excluding carboxylic acids is 1. The van der Waals surface area contributed by atoms with Gasteiger partial charge in [0.25, 0.3) is 5.91 Å². The van der Waals surface area contributed by atoms with Gasteiger partial charge in [-0.1, -0.05) is 11.6 Å². The summed E-state index contributed by atoms with van der Waals surface area (Å²) in [5.74, 6) is 1.01. The number of carbonyl (C=O) groups is 1. The van der Waals surface area contributed by atoms with Crippen molar-refractivity contribution in [2.24, 2.45) is 17.6 Å². The number of pyridine rings is 1. The van der Waals surface area contributed by atoms with Gasteiger partial charge in [0.15, 0.2) is 0 Å². The van der Waals surface area contributed by atoms with Gasteiger partial charge in [-0.2, -0.15) is 0 Å². The van der Waals surface area contributed by atoms with Crippen LogP contribution >= 0.6 is 11.6 Å². The Kier molecular flexibility index (Phi) is 2.99. The lowest BCUT2D eigenvalue weighted by Crippen LogP contribution is -2.33. The van der Waals surface area contributed by atoms with E-state index in [0.717, 1.165) is 25.9 Å². The molecule has 96 valence electrons. The van der Waals surface area contributed by atoms with Gasteiger partial charge in [0.1, 0.15) is 5.69 Å². The highest BCUT2D eigenvalue weighted by atomic mass is 35.5. The molecule has 1 saturated heterocycles. The molecule has 2 heterocycles. The highest BCUT2D eigenvalue weighted by molar-refractivity contribution is 6.30. The largest absolute Gasteiger partial charge is 0.337 e. The molecule has 18 heavy (non-hydrogen) atoms. The highest BCUT2D eigenvalue weighted by Crippen LogP contribution is 2.37. The number of halogens is 1. The van der Waals surface area contributed by atoms with Gasteiger partial charge in [0.2, 0.25) is 0 Å². The topological polar surface area (TPSA) is 59.2 Å². The molecule has 3 rings (SSSR count). The summed E-state index contributed by atoms with van der Waals surface area (Å²) in [6.45, 7) is 1.57. The van der Waals surface area contributed by atoms with Gasteiger partial charge in [-0.05, 0) is 36.8 Å². The second-order valence-electron chi connectivity index (χ2n) is 5.23. The van der Waals surface area contributed by atoms with Crippen LogP contribution in [0.2, 0.25) is 5.02 Å². The lowest BCUT2D eigenvalue weighted by Gasteiger charge is -2.18. The molecule has 2 aliphatic rings. The number of nitrogens with two attached hydrogens (primary N) is 1. The van der Waals surface area contributed by atoms with Crippen LogP contribution in [-0.4, -0.2) is 34.9 Å². The molecule has 1 saturated carbocycles. The molecule has 1 aliphatic carbocycles. The second kappa shape index (κ2) is 4.52. The minimum Gasteiger partial charge on any atom is -0.337 e. The number of amides is 1. The fourth-order valence-corrected chi connectivity index (χ4v) is 3.32. The maximum atomic E-state index is 12.3. The minimum atomic E-state index is -0.0286. The summed E-state index contributed by atoms with van der Waals surface area (Å²) in [5.41, 5.74) is 6.50. The lowest BCUT2D eigenvalue weighted by atomic mass is 9.98. The monoisotopic (exact) mass is 265 g/mol. The van der Waals surface area contributed by atoms with E-state index in [1.165, 1.54) is 0 Å². The maximum absolute atomic E-state index is 12.3. The molecule has 3 atom stereocenters. The van der Waals surface area contributed by atoms with E-state index in [1.54, 1.807) is 18.3 Å². The van der Waals surface area contributed by atoms with Crippen molar-refractivity contribution in [3.63, 3.8) is 0 Å². The van der Waals surface area contributed by atoms with Gasteiger partial charge in [-0.3, -0.25) is 9.78 Å². The molecule has 0 spiro atoms. The quantitative estimate of drug-likeness (QED) is 0.838.